The van der Waals surface area contributed by atoms with E-state index in [1.165, 1.54) is 0 Å². The van der Waals surface area contributed by atoms with Gasteiger partial charge in [0.05, 0.1) is 52.9 Å². The maximum Gasteiger partial charge on any atom is 0.344 e. The van der Waals surface area contributed by atoms with Crippen molar-refractivity contribution in [3.8, 4) is 23.0 Å². The molecule has 1 aliphatic carbocycles. The van der Waals surface area contributed by atoms with Gasteiger partial charge in [0, 0.05) is 25.7 Å². The zero-order valence-corrected chi connectivity index (χ0v) is 50.8. The van der Waals surface area contributed by atoms with Gasteiger partial charge in [-0.3, -0.25) is 0 Å². The van der Waals surface area contributed by atoms with Crippen LogP contribution in [0.5, 0.6) is 23.0 Å². The standard InChI is InChI=1S/C66H94O12/c1-61(2,3)51-33-43-29-44-34-52(62(4,5)6)36-46-31-48-38-54(64(10,11)12)40-50(60(48)76-42-56(68)78-66(16,17)18)32-49-39-53(63(7,8)9)37-47(59(49)75-41-55(67)77-65(13,14)15)30-45(35-51)57(43)73-27-25-71-23-21-69-19-20-70-22-24-72-26-28-74-58(44)46/h33-40H,19-32,41-42H2,1-18H3. The lowest BCUT2D eigenvalue weighted by Gasteiger charge is -2.29. The second kappa shape index (κ2) is 25.5. The molecule has 12 nitrogen and oxygen atoms in total. The van der Waals surface area contributed by atoms with Crippen LogP contribution >= 0.6 is 0 Å². The normalized spacial score (nSPS) is 16.1. The summed E-state index contributed by atoms with van der Waals surface area (Å²) in [5.74, 6) is 1.71. The molecule has 12 heteroatoms. The van der Waals surface area contributed by atoms with Crippen LogP contribution in [0.15, 0.2) is 48.5 Å². The van der Waals surface area contributed by atoms with Crippen molar-refractivity contribution in [1.82, 2.24) is 0 Å². The minimum Gasteiger partial charge on any atom is -0.491 e. The topological polar surface area (TPSA) is 126 Å². The Morgan fingerprint density at radius 3 is 0.808 bits per heavy atom. The van der Waals surface area contributed by atoms with Gasteiger partial charge in [-0.2, -0.15) is 0 Å². The number of hydrogen-bond donors (Lipinski definition) is 0. The molecule has 430 valence electrons. The van der Waals surface area contributed by atoms with Crippen molar-refractivity contribution in [2.24, 2.45) is 0 Å². The Kier molecular flexibility index (Phi) is 20.3. The molecule has 0 spiro atoms. The summed E-state index contributed by atoms with van der Waals surface area (Å²) in [6.07, 6.45) is 1.59. The Morgan fingerprint density at radius 1 is 0.346 bits per heavy atom. The molecule has 4 aromatic rings. The molecule has 0 atom stereocenters. The van der Waals surface area contributed by atoms with E-state index in [9.17, 15) is 9.59 Å². The highest BCUT2D eigenvalue weighted by Crippen LogP contribution is 2.44. The summed E-state index contributed by atoms with van der Waals surface area (Å²) in [6.45, 7) is 41.0. The highest BCUT2D eigenvalue weighted by molar-refractivity contribution is 5.73. The average molecular weight is 1080 g/mol. The number of hydrogen-bond acceptors (Lipinski definition) is 12. The summed E-state index contributed by atoms with van der Waals surface area (Å²) in [5, 5.41) is 0. The molecule has 2 aliphatic rings. The van der Waals surface area contributed by atoms with Crippen LogP contribution in [0.25, 0.3) is 0 Å². The minimum absolute atomic E-state index is 0.258. The molecule has 6 rings (SSSR count). The van der Waals surface area contributed by atoms with Crippen molar-refractivity contribution in [2.75, 3.05) is 79.3 Å². The lowest BCUT2D eigenvalue weighted by Crippen LogP contribution is -2.28. The van der Waals surface area contributed by atoms with Crippen molar-refractivity contribution in [1.29, 1.82) is 0 Å². The van der Waals surface area contributed by atoms with E-state index in [-0.39, 0.29) is 48.1 Å². The van der Waals surface area contributed by atoms with Gasteiger partial charge in [-0.25, -0.2) is 9.59 Å². The molecule has 0 saturated heterocycles. The molecule has 0 N–H and O–H groups in total. The average Bonchev–Trinajstić information content (AvgIpc) is 3.38. The molecule has 0 saturated carbocycles. The highest BCUT2D eigenvalue weighted by atomic mass is 16.6. The van der Waals surface area contributed by atoms with E-state index >= 15 is 0 Å². The van der Waals surface area contributed by atoms with Crippen LogP contribution in [0.2, 0.25) is 0 Å². The van der Waals surface area contributed by atoms with E-state index in [1.54, 1.807) is 0 Å². The van der Waals surface area contributed by atoms with Gasteiger partial charge >= 0.3 is 11.9 Å². The third kappa shape index (κ3) is 18.2. The van der Waals surface area contributed by atoms with Crippen LogP contribution in [0.4, 0.5) is 0 Å². The van der Waals surface area contributed by atoms with Gasteiger partial charge in [0.1, 0.15) is 47.4 Å². The lowest BCUT2D eigenvalue weighted by atomic mass is 9.79. The second-order valence-electron chi connectivity index (χ2n) is 27.1. The fourth-order valence-electron chi connectivity index (χ4n) is 9.53. The number of benzene rings is 4. The minimum atomic E-state index is -0.725. The van der Waals surface area contributed by atoms with E-state index in [0.717, 1.165) is 78.3 Å². The first-order valence-electron chi connectivity index (χ1n) is 28.2. The van der Waals surface area contributed by atoms with E-state index in [2.05, 4.69) is 132 Å². The molecular formula is C66H94O12. The summed E-state index contributed by atoms with van der Waals surface area (Å²) in [6, 6.07) is 18.0. The van der Waals surface area contributed by atoms with Gasteiger partial charge in [0.2, 0.25) is 0 Å². The van der Waals surface area contributed by atoms with Crippen molar-refractivity contribution in [3.05, 3.63) is 115 Å². The van der Waals surface area contributed by atoms with E-state index in [1.807, 2.05) is 41.5 Å². The van der Waals surface area contributed by atoms with Crippen LogP contribution in [0.3, 0.4) is 0 Å². The number of esters is 2. The third-order valence-corrected chi connectivity index (χ3v) is 13.5. The predicted molar refractivity (Wildman–Crippen MR) is 309 cm³/mol. The Hall–Kier alpha value is -5.14. The molecule has 0 unspecified atom stereocenters. The molecule has 0 fully saturated rings. The first kappa shape index (κ1) is 62.1. The maximum absolute atomic E-state index is 13.7. The largest absolute Gasteiger partial charge is 0.491 e. The van der Waals surface area contributed by atoms with E-state index < -0.39 is 23.1 Å². The molecule has 1 aliphatic heterocycles. The number of carbonyl (C=O) groups excluding carboxylic acids is 2. The van der Waals surface area contributed by atoms with Gasteiger partial charge in [-0.1, -0.05) is 132 Å². The quantitative estimate of drug-likeness (QED) is 0.150. The van der Waals surface area contributed by atoms with Gasteiger partial charge in [0.25, 0.3) is 0 Å². The molecule has 10 bridgehead atoms. The van der Waals surface area contributed by atoms with E-state index in [4.69, 9.17) is 47.4 Å². The van der Waals surface area contributed by atoms with Crippen LogP contribution in [0, 0.1) is 0 Å². The Morgan fingerprint density at radius 2 is 0.564 bits per heavy atom. The number of carbonyl (C=O) groups is 2. The van der Waals surface area contributed by atoms with Crippen molar-refractivity contribution < 1.29 is 57.0 Å². The van der Waals surface area contributed by atoms with Crippen molar-refractivity contribution in [2.45, 2.75) is 183 Å². The SMILES string of the molecule is CC(C)(C)OC(=O)COc1c2cc(C(C)(C)C)cc1Cc1cc(C(C)(C)C)cc(c1OCC(=O)OC(C)(C)C)Cc1cc(C(C)(C)C)cc3c1OCCOCCOCCOCCOCCOc1c(cc(C(C)(C)C)cc1C2)C3. The summed E-state index contributed by atoms with van der Waals surface area (Å²) < 4.78 is 63.4. The molecule has 1 heterocycles. The monoisotopic (exact) mass is 1080 g/mol. The lowest BCUT2D eigenvalue weighted by molar-refractivity contribution is -0.158. The van der Waals surface area contributed by atoms with Crippen molar-refractivity contribution >= 4 is 11.9 Å². The number of fused-ring (bicyclic) bond motifs is 4. The molecule has 0 amide bonds. The molecule has 4 aromatic carbocycles. The Labute approximate surface area is 467 Å². The van der Waals surface area contributed by atoms with Gasteiger partial charge in [-0.05, 0) is 130 Å². The van der Waals surface area contributed by atoms with Gasteiger partial charge < -0.3 is 47.4 Å². The smallest absolute Gasteiger partial charge is 0.344 e. The fraction of sp³-hybridized carbons (Fsp3) is 0.606. The number of rotatable bonds is 6. The van der Waals surface area contributed by atoms with E-state index in [0.29, 0.717) is 90.0 Å². The zero-order chi connectivity index (χ0) is 57.4. The maximum atomic E-state index is 13.7. The summed E-state index contributed by atoms with van der Waals surface area (Å²) in [4.78, 5) is 27.5. The Balaban J connectivity index is 1.76. The second-order valence-corrected chi connectivity index (χ2v) is 27.1. The van der Waals surface area contributed by atoms with Crippen LogP contribution < -0.4 is 18.9 Å². The third-order valence-electron chi connectivity index (χ3n) is 13.5. The first-order valence-corrected chi connectivity index (χ1v) is 28.2. The molecule has 0 aromatic heterocycles. The molecule has 78 heavy (non-hydrogen) atoms. The summed E-state index contributed by atoms with van der Waals surface area (Å²) in [7, 11) is 0. The summed E-state index contributed by atoms with van der Waals surface area (Å²) in [5.41, 5.74) is 9.28. The summed E-state index contributed by atoms with van der Waals surface area (Å²) >= 11 is 0. The highest BCUT2D eigenvalue weighted by Gasteiger charge is 2.31. The van der Waals surface area contributed by atoms with Crippen LogP contribution in [-0.2, 0) is 85.4 Å². The number of ether oxygens (including phenoxy) is 10. The fourth-order valence-corrected chi connectivity index (χ4v) is 9.53. The van der Waals surface area contributed by atoms with Crippen LogP contribution in [-0.4, -0.2) is 102 Å². The van der Waals surface area contributed by atoms with Gasteiger partial charge in [0.15, 0.2) is 13.2 Å². The zero-order valence-electron chi connectivity index (χ0n) is 50.8. The van der Waals surface area contributed by atoms with Gasteiger partial charge in [-0.15, -0.1) is 0 Å². The predicted octanol–water partition coefficient (Wildman–Crippen LogP) is 12.8. The Bertz CT molecular complexity index is 2510. The van der Waals surface area contributed by atoms with Crippen molar-refractivity contribution in [3.63, 3.8) is 0 Å². The molecule has 0 radical (unpaired) electrons. The molecular weight excluding hydrogens is 985 g/mol. The van der Waals surface area contributed by atoms with Crippen LogP contribution in [0.1, 0.15) is 191 Å². The first-order chi connectivity index (χ1) is 36.2.